The second-order valence-electron chi connectivity index (χ2n) is 9.74. The number of amides is 1. The van der Waals surface area contributed by atoms with Crippen LogP contribution in [0.3, 0.4) is 0 Å². The van der Waals surface area contributed by atoms with E-state index >= 15 is 0 Å². The maximum Gasteiger partial charge on any atom is 0.341 e. The number of aryl methyl sites for hydroxylation is 1. The number of hydrogen-bond donors (Lipinski definition) is 4. The Kier molecular flexibility index (Phi) is 8.22. The smallest absolute Gasteiger partial charge is 0.341 e. The monoisotopic (exact) mass is 518 g/mol. The van der Waals surface area contributed by atoms with Gasteiger partial charge in [0.1, 0.15) is 22.8 Å². The van der Waals surface area contributed by atoms with Gasteiger partial charge in [-0.05, 0) is 110 Å². The summed E-state index contributed by atoms with van der Waals surface area (Å²) in [6, 6.07) is 14.5. The predicted molar refractivity (Wildman–Crippen MR) is 144 cm³/mol. The summed E-state index contributed by atoms with van der Waals surface area (Å²) in [5.41, 5.74) is 4.31. The molecule has 0 unspecified atom stereocenters. The highest BCUT2D eigenvalue weighted by atomic mass is 16.5. The Labute approximate surface area is 222 Å². The molecule has 4 N–H and O–H groups in total. The third-order valence-electron chi connectivity index (χ3n) is 6.93. The Hall–Kier alpha value is -4.04. The Bertz CT molecular complexity index is 1340. The van der Waals surface area contributed by atoms with E-state index in [-0.39, 0.29) is 47.4 Å². The minimum Gasteiger partial charge on any atom is -0.508 e. The maximum absolute atomic E-state index is 13.2. The van der Waals surface area contributed by atoms with Crippen LogP contribution < -0.4 is 5.32 Å². The number of carbonyl (C=O) groups is 2. The van der Waals surface area contributed by atoms with Crippen LogP contribution in [-0.2, 0) is 16.1 Å². The van der Waals surface area contributed by atoms with E-state index in [0.29, 0.717) is 18.5 Å². The van der Waals surface area contributed by atoms with E-state index in [0.717, 1.165) is 35.2 Å². The fraction of sp³-hybridized carbons (Fsp3) is 0.333. The summed E-state index contributed by atoms with van der Waals surface area (Å²) in [4.78, 5) is 27.3. The van der Waals surface area contributed by atoms with E-state index in [1.54, 1.807) is 37.3 Å². The largest absolute Gasteiger partial charge is 0.508 e. The molecule has 200 valence electrons. The zero-order valence-corrected chi connectivity index (χ0v) is 21.9. The average molecular weight is 519 g/mol. The van der Waals surface area contributed by atoms with Gasteiger partial charge in [0.05, 0.1) is 18.7 Å². The van der Waals surface area contributed by atoms with Crippen LogP contribution in [0.1, 0.15) is 59.8 Å². The number of nitrogens with zero attached hydrogens (tertiary/aromatic N) is 1. The van der Waals surface area contributed by atoms with Gasteiger partial charge >= 0.3 is 5.97 Å². The number of benzene rings is 3. The van der Waals surface area contributed by atoms with Crippen molar-refractivity contribution in [3.63, 3.8) is 0 Å². The van der Waals surface area contributed by atoms with Crippen LogP contribution in [0.2, 0.25) is 0 Å². The van der Waals surface area contributed by atoms with Crippen LogP contribution >= 0.6 is 0 Å². The van der Waals surface area contributed by atoms with Crippen LogP contribution in [0.25, 0.3) is 11.1 Å². The minimum atomic E-state index is -0.592. The quantitative estimate of drug-likeness (QED) is 0.316. The summed E-state index contributed by atoms with van der Waals surface area (Å²) < 4.78 is 4.95. The van der Waals surface area contributed by atoms with E-state index in [9.17, 15) is 24.9 Å². The number of aromatic hydroxyl groups is 3. The van der Waals surface area contributed by atoms with Gasteiger partial charge in [0, 0.05) is 6.54 Å². The molecule has 1 aliphatic rings. The van der Waals surface area contributed by atoms with Crippen LogP contribution in [0, 0.1) is 6.92 Å². The molecule has 1 saturated heterocycles. The molecule has 1 amide bonds. The highest BCUT2D eigenvalue weighted by Crippen LogP contribution is 2.32. The number of rotatable bonds is 8. The first kappa shape index (κ1) is 27.0. The molecule has 1 heterocycles. The van der Waals surface area contributed by atoms with Crippen molar-refractivity contribution in [1.29, 1.82) is 0 Å². The molecule has 2 atom stereocenters. The van der Waals surface area contributed by atoms with Gasteiger partial charge in [-0.15, -0.1) is 0 Å². The van der Waals surface area contributed by atoms with Crippen molar-refractivity contribution in [2.24, 2.45) is 0 Å². The Morgan fingerprint density at radius 1 is 1.05 bits per heavy atom. The highest BCUT2D eigenvalue weighted by Gasteiger charge is 2.31. The number of ether oxygens (including phenoxy) is 1. The second-order valence-corrected chi connectivity index (χ2v) is 9.74. The zero-order valence-electron chi connectivity index (χ0n) is 21.9. The van der Waals surface area contributed by atoms with Gasteiger partial charge in [0.2, 0.25) is 5.91 Å². The molecule has 0 aromatic heterocycles. The van der Waals surface area contributed by atoms with Crippen LogP contribution in [0.4, 0.5) is 0 Å². The molecule has 38 heavy (non-hydrogen) atoms. The van der Waals surface area contributed by atoms with E-state index in [1.165, 1.54) is 12.1 Å². The Balaban J connectivity index is 1.45. The van der Waals surface area contributed by atoms with Crippen LogP contribution in [-0.4, -0.2) is 51.3 Å². The summed E-state index contributed by atoms with van der Waals surface area (Å²) in [5.74, 6) is -0.556. The Morgan fingerprint density at radius 3 is 2.55 bits per heavy atom. The first-order valence-corrected chi connectivity index (χ1v) is 12.8. The number of nitrogens with one attached hydrogen (secondary N) is 1. The number of esters is 1. The van der Waals surface area contributed by atoms with E-state index in [1.807, 2.05) is 26.0 Å². The average Bonchev–Trinajstić information content (AvgIpc) is 3.31. The molecule has 0 saturated carbocycles. The summed E-state index contributed by atoms with van der Waals surface area (Å²) in [6.45, 7) is 6.90. The van der Waals surface area contributed by atoms with Crippen molar-refractivity contribution in [1.82, 2.24) is 10.2 Å². The predicted octanol–water partition coefficient (Wildman–Crippen LogP) is 4.80. The fourth-order valence-corrected chi connectivity index (χ4v) is 5.03. The molecule has 8 nitrogen and oxygen atoms in total. The van der Waals surface area contributed by atoms with E-state index in [4.69, 9.17) is 4.74 Å². The van der Waals surface area contributed by atoms with Crippen molar-refractivity contribution in [2.75, 3.05) is 13.2 Å². The van der Waals surface area contributed by atoms with Crippen molar-refractivity contribution in [3.05, 3.63) is 76.9 Å². The lowest BCUT2D eigenvalue weighted by atomic mass is 9.98. The van der Waals surface area contributed by atoms with E-state index < -0.39 is 5.97 Å². The zero-order chi connectivity index (χ0) is 27.4. The lowest BCUT2D eigenvalue weighted by Crippen LogP contribution is -2.43. The van der Waals surface area contributed by atoms with Crippen molar-refractivity contribution < 1.29 is 29.6 Å². The molecular formula is C30H34N2O6. The molecule has 0 spiro atoms. The fourth-order valence-electron chi connectivity index (χ4n) is 5.03. The normalized spacial score (nSPS) is 16.2. The second kappa shape index (κ2) is 11.6. The molecule has 8 heteroatoms. The number of carbonyl (C=O) groups excluding carboxylic acids is 2. The van der Waals surface area contributed by atoms with Gasteiger partial charge in [0.15, 0.2) is 0 Å². The molecule has 4 rings (SSSR count). The Morgan fingerprint density at radius 2 is 1.84 bits per heavy atom. The highest BCUT2D eigenvalue weighted by molar-refractivity contribution is 5.92. The van der Waals surface area contributed by atoms with Crippen LogP contribution in [0.15, 0.2) is 54.6 Å². The molecular weight excluding hydrogens is 484 g/mol. The maximum atomic E-state index is 13.2. The third kappa shape index (κ3) is 6.08. The summed E-state index contributed by atoms with van der Waals surface area (Å²) in [5, 5.41) is 33.5. The molecule has 3 aromatic rings. The van der Waals surface area contributed by atoms with Gasteiger partial charge in [-0.25, -0.2) is 4.79 Å². The number of phenolic OH excluding ortho intramolecular Hbond substituents is 3. The molecule has 1 fully saturated rings. The number of phenols is 3. The van der Waals surface area contributed by atoms with Gasteiger partial charge < -0.3 is 25.4 Å². The van der Waals surface area contributed by atoms with Crippen molar-refractivity contribution in [2.45, 2.75) is 52.2 Å². The van der Waals surface area contributed by atoms with Crippen molar-refractivity contribution >= 4 is 11.9 Å². The standard InChI is InChI=1S/C30H34N2O6/c1-4-38-30(37)26-9-7-21(16-28(26)35)19(3)31-29(36)27-6-5-11-32(27)17-20-13-22(15-24(34)14-20)25-10-8-23(33)12-18(25)2/h7-10,12-16,19,27,33-35H,4-6,11,17H2,1-3H3,(H,31,36)/t19-,27+/m0/s1. The molecule has 1 aliphatic heterocycles. The van der Waals surface area contributed by atoms with E-state index in [2.05, 4.69) is 10.2 Å². The van der Waals surface area contributed by atoms with Gasteiger partial charge in [-0.2, -0.15) is 0 Å². The van der Waals surface area contributed by atoms with Gasteiger partial charge in [0.25, 0.3) is 0 Å². The molecule has 0 aliphatic carbocycles. The lowest BCUT2D eigenvalue weighted by molar-refractivity contribution is -0.126. The minimum absolute atomic E-state index is 0.0871. The van der Waals surface area contributed by atoms with Gasteiger partial charge in [-0.1, -0.05) is 12.1 Å². The van der Waals surface area contributed by atoms with Crippen molar-refractivity contribution in [3.8, 4) is 28.4 Å². The number of likely N-dealkylation sites (tertiary alicyclic amines) is 1. The van der Waals surface area contributed by atoms with Gasteiger partial charge in [-0.3, -0.25) is 9.69 Å². The topological polar surface area (TPSA) is 119 Å². The third-order valence-corrected chi connectivity index (χ3v) is 6.93. The molecule has 0 radical (unpaired) electrons. The summed E-state index contributed by atoms with van der Waals surface area (Å²) in [7, 11) is 0. The SMILES string of the molecule is CCOC(=O)c1ccc([C@H](C)NC(=O)[C@H]2CCCN2Cc2cc(O)cc(-c3ccc(O)cc3C)c2)cc1O. The summed E-state index contributed by atoms with van der Waals surface area (Å²) >= 11 is 0. The lowest BCUT2D eigenvalue weighted by Gasteiger charge is -2.26. The summed E-state index contributed by atoms with van der Waals surface area (Å²) in [6.07, 6.45) is 1.60. The number of hydrogen-bond acceptors (Lipinski definition) is 7. The van der Waals surface area contributed by atoms with Crippen LogP contribution in [0.5, 0.6) is 17.2 Å². The molecule has 0 bridgehead atoms. The first-order valence-electron chi connectivity index (χ1n) is 12.8. The first-order chi connectivity index (χ1) is 18.2. The molecule has 3 aromatic carbocycles.